The Balaban J connectivity index is 2.21. The van der Waals surface area contributed by atoms with E-state index in [0.29, 0.717) is 0 Å². The predicted molar refractivity (Wildman–Crippen MR) is 76.1 cm³/mol. The van der Waals surface area contributed by atoms with Crippen LogP contribution in [0.4, 0.5) is 5.69 Å². The standard InChI is InChI=1S/C15H17N3O/c16-9-14(19)18-15-10-5-1-3-7-12(10)17-13-8-4-2-6-11(13)15/h1,3,5,7H,2,4,6,8-9,16H2,(H,17,18,19). The minimum Gasteiger partial charge on any atom is -0.324 e. The average molecular weight is 255 g/mol. The van der Waals surface area contributed by atoms with Gasteiger partial charge < -0.3 is 11.1 Å². The van der Waals surface area contributed by atoms with E-state index < -0.39 is 0 Å². The lowest BCUT2D eigenvalue weighted by atomic mass is 9.92. The first-order chi connectivity index (χ1) is 9.29. The summed E-state index contributed by atoms with van der Waals surface area (Å²) < 4.78 is 0. The van der Waals surface area contributed by atoms with Gasteiger partial charge in [0.25, 0.3) is 0 Å². The van der Waals surface area contributed by atoms with Gasteiger partial charge in [-0.05, 0) is 37.3 Å². The zero-order valence-corrected chi connectivity index (χ0v) is 10.8. The first kappa shape index (κ1) is 12.1. The minimum absolute atomic E-state index is 0.00538. The van der Waals surface area contributed by atoms with Gasteiger partial charge in [-0.1, -0.05) is 18.2 Å². The van der Waals surface area contributed by atoms with Crippen molar-refractivity contribution in [3.63, 3.8) is 0 Å². The van der Waals surface area contributed by atoms with Crippen LogP contribution < -0.4 is 11.1 Å². The fourth-order valence-electron chi connectivity index (χ4n) is 2.71. The van der Waals surface area contributed by atoms with Crippen LogP contribution in [0.15, 0.2) is 24.3 Å². The molecule has 0 bridgehead atoms. The lowest BCUT2D eigenvalue weighted by Crippen LogP contribution is -2.23. The molecular formula is C15H17N3O. The number of hydrogen-bond acceptors (Lipinski definition) is 3. The Bertz CT molecular complexity index is 637. The maximum Gasteiger partial charge on any atom is 0.238 e. The number of carbonyl (C=O) groups is 1. The number of nitrogens with zero attached hydrogens (tertiary/aromatic N) is 1. The molecule has 2 aromatic rings. The molecule has 3 N–H and O–H groups in total. The van der Waals surface area contributed by atoms with Crippen molar-refractivity contribution in [1.82, 2.24) is 4.98 Å². The summed E-state index contributed by atoms with van der Waals surface area (Å²) in [4.78, 5) is 16.4. The number of anilines is 1. The number of carbonyl (C=O) groups excluding carboxylic acids is 1. The third-order valence-corrected chi connectivity index (χ3v) is 3.62. The molecule has 1 heterocycles. The number of amides is 1. The highest BCUT2D eigenvalue weighted by molar-refractivity contribution is 6.03. The summed E-state index contributed by atoms with van der Waals surface area (Å²) in [6.07, 6.45) is 4.29. The van der Waals surface area contributed by atoms with Crippen LogP contribution in [0.5, 0.6) is 0 Å². The lowest BCUT2D eigenvalue weighted by molar-refractivity contribution is -0.114. The summed E-state index contributed by atoms with van der Waals surface area (Å²) in [7, 11) is 0. The van der Waals surface area contributed by atoms with Crippen molar-refractivity contribution >= 4 is 22.5 Å². The van der Waals surface area contributed by atoms with Gasteiger partial charge in [0.2, 0.25) is 5.91 Å². The van der Waals surface area contributed by atoms with Gasteiger partial charge in [-0.2, -0.15) is 0 Å². The molecule has 1 aliphatic carbocycles. The third-order valence-electron chi connectivity index (χ3n) is 3.62. The van der Waals surface area contributed by atoms with Crippen LogP contribution in [0.2, 0.25) is 0 Å². The molecule has 0 unspecified atom stereocenters. The molecule has 0 atom stereocenters. The zero-order valence-electron chi connectivity index (χ0n) is 10.8. The highest BCUT2D eigenvalue weighted by atomic mass is 16.1. The highest BCUT2D eigenvalue weighted by Crippen LogP contribution is 2.33. The molecular weight excluding hydrogens is 238 g/mol. The number of nitrogens with one attached hydrogen (secondary N) is 1. The number of hydrogen-bond donors (Lipinski definition) is 2. The summed E-state index contributed by atoms with van der Waals surface area (Å²) in [6, 6.07) is 7.93. The Kier molecular flexibility index (Phi) is 3.17. The summed E-state index contributed by atoms with van der Waals surface area (Å²) in [5.41, 5.74) is 9.57. The molecule has 0 saturated heterocycles. The molecule has 3 rings (SSSR count). The number of aryl methyl sites for hydroxylation is 1. The highest BCUT2D eigenvalue weighted by Gasteiger charge is 2.18. The van der Waals surface area contributed by atoms with Crippen molar-refractivity contribution in [3.05, 3.63) is 35.5 Å². The smallest absolute Gasteiger partial charge is 0.238 e. The minimum atomic E-state index is -0.149. The van der Waals surface area contributed by atoms with Gasteiger partial charge in [0.05, 0.1) is 17.7 Å². The molecule has 1 aromatic carbocycles. The number of aromatic nitrogens is 1. The molecule has 0 saturated carbocycles. The molecule has 0 fully saturated rings. The summed E-state index contributed by atoms with van der Waals surface area (Å²) >= 11 is 0. The maximum atomic E-state index is 11.7. The summed E-state index contributed by atoms with van der Waals surface area (Å²) in [6.45, 7) is 0.00538. The van der Waals surface area contributed by atoms with E-state index in [0.717, 1.165) is 41.5 Å². The van der Waals surface area contributed by atoms with E-state index >= 15 is 0 Å². The predicted octanol–water partition coefficient (Wildman–Crippen LogP) is 2.01. The van der Waals surface area contributed by atoms with Crippen LogP contribution in [0.3, 0.4) is 0 Å². The average Bonchev–Trinajstić information content (AvgIpc) is 2.46. The number of nitrogens with two attached hydrogens (primary N) is 1. The van der Waals surface area contributed by atoms with Gasteiger partial charge in [-0.25, -0.2) is 0 Å². The van der Waals surface area contributed by atoms with Crippen LogP contribution in [-0.2, 0) is 17.6 Å². The fraction of sp³-hybridized carbons (Fsp3) is 0.333. The molecule has 0 spiro atoms. The van der Waals surface area contributed by atoms with E-state index in [1.807, 2.05) is 24.3 Å². The van der Waals surface area contributed by atoms with Gasteiger partial charge in [-0.3, -0.25) is 9.78 Å². The van der Waals surface area contributed by atoms with Crippen LogP contribution in [0, 0.1) is 0 Å². The topological polar surface area (TPSA) is 68.0 Å². The second kappa shape index (κ2) is 4.97. The van der Waals surface area contributed by atoms with Crippen LogP contribution >= 0.6 is 0 Å². The number of fused-ring (bicyclic) bond motifs is 2. The van der Waals surface area contributed by atoms with Crippen LogP contribution in [0.1, 0.15) is 24.1 Å². The summed E-state index contributed by atoms with van der Waals surface area (Å²) in [5, 5.41) is 3.96. The van der Waals surface area contributed by atoms with Crippen LogP contribution in [-0.4, -0.2) is 17.4 Å². The normalized spacial score (nSPS) is 14.2. The van der Waals surface area contributed by atoms with Crippen molar-refractivity contribution in [2.75, 3.05) is 11.9 Å². The lowest BCUT2D eigenvalue weighted by Gasteiger charge is -2.21. The second-order valence-electron chi connectivity index (χ2n) is 4.89. The molecule has 0 aliphatic heterocycles. The molecule has 0 radical (unpaired) electrons. The van der Waals surface area contributed by atoms with Gasteiger partial charge >= 0.3 is 0 Å². The maximum absolute atomic E-state index is 11.7. The first-order valence-corrected chi connectivity index (χ1v) is 6.70. The molecule has 1 aliphatic rings. The van der Waals surface area contributed by atoms with Gasteiger partial charge in [0, 0.05) is 11.1 Å². The van der Waals surface area contributed by atoms with Crippen LogP contribution in [0.25, 0.3) is 10.9 Å². The Hall–Kier alpha value is -1.94. The van der Waals surface area contributed by atoms with Gasteiger partial charge in [-0.15, -0.1) is 0 Å². The van der Waals surface area contributed by atoms with Gasteiger partial charge in [0.15, 0.2) is 0 Å². The van der Waals surface area contributed by atoms with E-state index in [9.17, 15) is 4.79 Å². The monoisotopic (exact) mass is 255 g/mol. The van der Waals surface area contributed by atoms with E-state index in [1.54, 1.807) is 0 Å². The first-order valence-electron chi connectivity index (χ1n) is 6.70. The van der Waals surface area contributed by atoms with E-state index in [2.05, 4.69) is 5.32 Å². The molecule has 19 heavy (non-hydrogen) atoms. The number of benzene rings is 1. The Morgan fingerprint density at radius 3 is 2.89 bits per heavy atom. The fourth-order valence-corrected chi connectivity index (χ4v) is 2.71. The van der Waals surface area contributed by atoms with Crippen molar-refractivity contribution in [3.8, 4) is 0 Å². The largest absolute Gasteiger partial charge is 0.324 e. The number of rotatable bonds is 2. The SMILES string of the molecule is NCC(=O)Nc1c2c(nc3ccccc13)CCCC2. The van der Waals surface area contributed by atoms with Crippen molar-refractivity contribution in [1.29, 1.82) is 0 Å². The van der Waals surface area contributed by atoms with Crippen molar-refractivity contribution < 1.29 is 4.79 Å². The van der Waals surface area contributed by atoms with E-state index in [4.69, 9.17) is 10.7 Å². The summed E-state index contributed by atoms with van der Waals surface area (Å²) in [5.74, 6) is -0.149. The molecule has 4 heteroatoms. The van der Waals surface area contributed by atoms with Crippen molar-refractivity contribution in [2.24, 2.45) is 5.73 Å². The Morgan fingerprint density at radius 1 is 1.26 bits per heavy atom. The van der Waals surface area contributed by atoms with Gasteiger partial charge in [0.1, 0.15) is 0 Å². The Labute approximate surface area is 112 Å². The molecule has 4 nitrogen and oxygen atoms in total. The van der Waals surface area contributed by atoms with E-state index in [1.165, 1.54) is 12.0 Å². The second-order valence-corrected chi connectivity index (χ2v) is 4.89. The third kappa shape index (κ3) is 2.19. The van der Waals surface area contributed by atoms with E-state index in [-0.39, 0.29) is 12.5 Å². The van der Waals surface area contributed by atoms with Crippen molar-refractivity contribution in [2.45, 2.75) is 25.7 Å². The molecule has 1 amide bonds. The number of para-hydroxylation sites is 1. The quantitative estimate of drug-likeness (QED) is 0.862. The Morgan fingerprint density at radius 2 is 2.05 bits per heavy atom. The molecule has 98 valence electrons. The number of pyridine rings is 1. The zero-order chi connectivity index (χ0) is 13.2. The molecule has 1 aromatic heterocycles.